The lowest BCUT2D eigenvalue weighted by atomic mass is 10.1. The number of nitrogens with one attached hydrogen (secondary N) is 2. The number of benzene rings is 1. The lowest BCUT2D eigenvalue weighted by Gasteiger charge is -2.14. The molecule has 0 aliphatic carbocycles. The summed E-state index contributed by atoms with van der Waals surface area (Å²) in [6.45, 7) is 2.98. The lowest BCUT2D eigenvalue weighted by Crippen LogP contribution is -2.33. The van der Waals surface area contributed by atoms with Crippen LogP contribution in [0, 0.1) is 0 Å². The molecule has 1 heterocycles. The first kappa shape index (κ1) is 13.2. The fourth-order valence-electron chi connectivity index (χ4n) is 2.31. The highest BCUT2D eigenvalue weighted by molar-refractivity contribution is 5.40. The second kappa shape index (κ2) is 6.61. The molecule has 0 amide bonds. The molecular weight excluding hydrogens is 228 g/mol. The predicted octanol–water partition coefficient (Wildman–Crippen LogP) is 1.55. The zero-order valence-electron chi connectivity index (χ0n) is 11.2. The van der Waals surface area contributed by atoms with Crippen LogP contribution >= 0.6 is 0 Å². The highest BCUT2D eigenvalue weighted by Gasteiger charge is 2.13. The Morgan fingerprint density at radius 1 is 1.33 bits per heavy atom. The average molecular weight is 250 g/mol. The van der Waals surface area contributed by atoms with Crippen molar-refractivity contribution in [3.63, 3.8) is 0 Å². The average Bonchev–Trinajstić information content (AvgIpc) is 2.92. The maximum atomic E-state index is 5.37. The van der Waals surface area contributed by atoms with E-state index in [0.29, 0.717) is 6.04 Å². The van der Waals surface area contributed by atoms with Gasteiger partial charge in [-0.1, -0.05) is 6.07 Å². The molecule has 2 rings (SSSR count). The van der Waals surface area contributed by atoms with Crippen LogP contribution in [0.2, 0.25) is 0 Å². The molecule has 1 aromatic rings. The Balaban J connectivity index is 1.87. The van der Waals surface area contributed by atoms with Gasteiger partial charge in [-0.15, -0.1) is 0 Å². The van der Waals surface area contributed by atoms with Crippen molar-refractivity contribution in [1.29, 1.82) is 0 Å². The molecule has 1 aliphatic heterocycles. The van der Waals surface area contributed by atoms with Crippen molar-refractivity contribution < 1.29 is 9.47 Å². The molecule has 100 valence electrons. The fourth-order valence-corrected chi connectivity index (χ4v) is 2.31. The second-order valence-electron chi connectivity index (χ2n) is 4.60. The van der Waals surface area contributed by atoms with E-state index in [0.717, 1.165) is 36.7 Å². The molecular formula is C14H22N2O2. The monoisotopic (exact) mass is 250 g/mol. The van der Waals surface area contributed by atoms with Gasteiger partial charge >= 0.3 is 0 Å². The molecule has 0 saturated carbocycles. The number of rotatable bonds is 6. The first-order valence-electron chi connectivity index (χ1n) is 6.48. The standard InChI is InChI=1S/C14H22N2O2/c1-17-13-6-5-11(14(8-13)18-2)9-15-10-12-4-3-7-16-12/h5-6,8,12,15-16H,3-4,7,9-10H2,1-2H3. The van der Waals surface area contributed by atoms with Gasteiger partial charge in [-0.3, -0.25) is 0 Å². The van der Waals surface area contributed by atoms with Gasteiger partial charge in [-0.05, 0) is 25.5 Å². The topological polar surface area (TPSA) is 42.5 Å². The molecule has 0 spiro atoms. The second-order valence-corrected chi connectivity index (χ2v) is 4.60. The van der Waals surface area contributed by atoms with Gasteiger partial charge in [0.05, 0.1) is 14.2 Å². The summed E-state index contributed by atoms with van der Waals surface area (Å²) in [5, 5.41) is 6.95. The van der Waals surface area contributed by atoms with Crippen LogP contribution in [-0.4, -0.2) is 33.4 Å². The van der Waals surface area contributed by atoms with Crippen LogP contribution in [0.4, 0.5) is 0 Å². The van der Waals surface area contributed by atoms with Gasteiger partial charge in [0, 0.05) is 30.8 Å². The van der Waals surface area contributed by atoms with Crippen molar-refractivity contribution in [2.45, 2.75) is 25.4 Å². The summed E-state index contributed by atoms with van der Waals surface area (Å²) in [6, 6.07) is 6.56. The third-order valence-corrected chi connectivity index (χ3v) is 3.36. The summed E-state index contributed by atoms with van der Waals surface area (Å²) < 4.78 is 10.6. The highest BCUT2D eigenvalue weighted by atomic mass is 16.5. The van der Waals surface area contributed by atoms with Crippen molar-refractivity contribution in [2.24, 2.45) is 0 Å². The first-order valence-corrected chi connectivity index (χ1v) is 6.48. The van der Waals surface area contributed by atoms with Crippen LogP contribution in [-0.2, 0) is 6.54 Å². The van der Waals surface area contributed by atoms with Crippen LogP contribution in [0.3, 0.4) is 0 Å². The van der Waals surface area contributed by atoms with Crippen molar-refractivity contribution in [3.8, 4) is 11.5 Å². The summed E-state index contributed by atoms with van der Waals surface area (Å²) in [4.78, 5) is 0. The third-order valence-electron chi connectivity index (χ3n) is 3.36. The van der Waals surface area contributed by atoms with Crippen LogP contribution < -0.4 is 20.1 Å². The van der Waals surface area contributed by atoms with Crippen molar-refractivity contribution in [2.75, 3.05) is 27.3 Å². The molecule has 0 bridgehead atoms. The van der Waals surface area contributed by atoms with Crippen LogP contribution in [0.15, 0.2) is 18.2 Å². The smallest absolute Gasteiger partial charge is 0.127 e. The molecule has 0 radical (unpaired) electrons. The Bertz CT molecular complexity index is 376. The van der Waals surface area contributed by atoms with E-state index in [1.165, 1.54) is 12.8 Å². The van der Waals surface area contributed by atoms with Gasteiger partial charge in [0.25, 0.3) is 0 Å². The maximum absolute atomic E-state index is 5.37. The summed E-state index contributed by atoms with van der Waals surface area (Å²) >= 11 is 0. The SMILES string of the molecule is COc1ccc(CNCC2CCCN2)c(OC)c1. The van der Waals surface area contributed by atoms with Crippen LogP contribution in [0.25, 0.3) is 0 Å². The predicted molar refractivity (Wildman–Crippen MR) is 72.3 cm³/mol. The Kier molecular flexibility index (Phi) is 4.84. The molecule has 1 fully saturated rings. The van der Waals surface area contributed by atoms with Gasteiger partial charge in [0.15, 0.2) is 0 Å². The highest BCUT2D eigenvalue weighted by Crippen LogP contribution is 2.24. The third kappa shape index (κ3) is 3.37. The number of ether oxygens (including phenoxy) is 2. The molecule has 18 heavy (non-hydrogen) atoms. The summed E-state index contributed by atoms with van der Waals surface area (Å²) in [7, 11) is 3.36. The molecule has 1 unspecified atom stereocenters. The molecule has 1 aliphatic rings. The van der Waals surface area contributed by atoms with Crippen molar-refractivity contribution in [1.82, 2.24) is 10.6 Å². The minimum absolute atomic E-state index is 0.620. The molecule has 4 heteroatoms. The number of methoxy groups -OCH3 is 2. The van der Waals surface area contributed by atoms with E-state index in [-0.39, 0.29) is 0 Å². The van der Waals surface area contributed by atoms with Crippen molar-refractivity contribution in [3.05, 3.63) is 23.8 Å². The fraction of sp³-hybridized carbons (Fsp3) is 0.571. The van der Waals surface area contributed by atoms with E-state index in [9.17, 15) is 0 Å². The number of hydrogen-bond donors (Lipinski definition) is 2. The van der Waals surface area contributed by atoms with E-state index in [2.05, 4.69) is 10.6 Å². The molecule has 1 atom stereocenters. The molecule has 1 saturated heterocycles. The summed E-state index contributed by atoms with van der Waals surface area (Å²) in [5.41, 5.74) is 1.16. The van der Waals surface area contributed by atoms with Gasteiger partial charge in [0.1, 0.15) is 11.5 Å². The van der Waals surface area contributed by atoms with E-state index < -0.39 is 0 Å². The van der Waals surface area contributed by atoms with E-state index in [1.54, 1.807) is 14.2 Å². The molecule has 2 N–H and O–H groups in total. The van der Waals surface area contributed by atoms with Gasteiger partial charge in [-0.2, -0.15) is 0 Å². The minimum atomic E-state index is 0.620. The lowest BCUT2D eigenvalue weighted by molar-refractivity contribution is 0.389. The largest absolute Gasteiger partial charge is 0.497 e. The normalized spacial score (nSPS) is 18.9. The Labute approximate surface area is 109 Å². The van der Waals surface area contributed by atoms with E-state index >= 15 is 0 Å². The van der Waals surface area contributed by atoms with Crippen LogP contribution in [0.5, 0.6) is 11.5 Å². The number of hydrogen-bond acceptors (Lipinski definition) is 4. The Morgan fingerprint density at radius 3 is 2.89 bits per heavy atom. The van der Waals surface area contributed by atoms with E-state index in [4.69, 9.17) is 9.47 Å². The van der Waals surface area contributed by atoms with E-state index in [1.807, 2.05) is 18.2 Å². The molecule has 0 aromatic heterocycles. The Morgan fingerprint density at radius 2 is 2.22 bits per heavy atom. The first-order chi connectivity index (χ1) is 8.83. The van der Waals surface area contributed by atoms with Gasteiger partial charge in [-0.25, -0.2) is 0 Å². The van der Waals surface area contributed by atoms with Crippen molar-refractivity contribution >= 4 is 0 Å². The maximum Gasteiger partial charge on any atom is 0.127 e. The summed E-state index contributed by atoms with van der Waals surface area (Å²) in [6.07, 6.45) is 2.56. The quantitative estimate of drug-likeness (QED) is 0.804. The van der Waals surface area contributed by atoms with Crippen LogP contribution in [0.1, 0.15) is 18.4 Å². The van der Waals surface area contributed by atoms with Gasteiger partial charge < -0.3 is 20.1 Å². The zero-order chi connectivity index (χ0) is 12.8. The molecule has 1 aromatic carbocycles. The zero-order valence-corrected chi connectivity index (χ0v) is 11.2. The molecule has 4 nitrogen and oxygen atoms in total. The van der Waals surface area contributed by atoms with Gasteiger partial charge in [0.2, 0.25) is 0 Å². The summed E-state index contributed by atoms with van der Waals surface area (Å²) in [5.74, 6) is 1.70. The Hall–Kier alpha value is -1.26. The minimum Gasteiger partial charge on any atom is -0.497 e.